The molecular formula is C17H14ClNO4. The Kier molecular flexibility index (Phi) is 5.49. The largest absolute Gasteiger partial charge is 0.449 e. The van der Waals surface area contributed by atoms with Gasteiger partial charge in [0, 0.05) is 16.3 Å². The quantitative estimate of drug-likeness (QED) is 0.673. The van der Waals surface area contributed by atoms with Gasteiger partial charge in [-0.3, -0.25) is 9.59 Å². The average Bonchev–Trinajstić information content (AvgIpc) is 2.54. The first-order chi connectivity index (χ1) is 11.0. The molecule has 1 N–H and O–H groups in total. The Bertz CT molecular complexity index is 728. The van der Waals surface area contributed by atoms with Gasteiger partial charge in [-0.2, -0.15) is 0 Å². The molecule has 0 saturated heterocycles. The molecular weight excluding hydrogens is 318 g/mol. The Labute approximate surface area is 138 Å². The minimum absolute atomic E-state index is 0.262. The second-order valence-electron chi connectivity index (χ2n) is 4.79. The number of esters is 1. The highest BCUT2D eigenvalue weighted by molar-refractivity contribution is 6.30. The zero-order valence-corrected chi connectivity index (χ0v) is 13.0. The normalized spacial score (nSPS) is 11.4. The molecule has 1 atom stereocenters. The third kappa shape index (κ3) is 4.66. The van der Waals surface area contributed by atoms with Crippen LogP contribution in [0.25, 0.3) is 0 Å². The van der Waals surface area contributed by atoms with Gasteiger partial charge in [0.2, 0.25) is 0 Å². The van der Waals surface area contributed by atoms with Crippen LogP contribution in [0.3, 0.4) is 0 Å². The maximum Gasteiger partial charge on any atom is 0.338 e. The molecule has 0 aromatic heterocycles. The van der Waals surface area contributed by atoms with Crippen LogP contribution in [0, 0.1) is 0 Å². The number of rotatable bonds is 5. The van der Waals surface area contributed by atoms with Gasteiger partial charge in [0.25, 0.3) is 5.91 Å². The second-order valence-corrected chi connectivity index (χ2v) is 5.22. The van der Waals surface area contributed by atoms with Gasteiger partial charge in [-0.25, -0.2) is 4.79 Å². The highest BCUT2D eigenvalue weighted by Gasteiger charge is 2.19. The van der Waals surface area contributed by atoms with E-state index in [0.29, 0.717) is 22.6 Å². The summed E-state index contributed by atoms with van der Waals surface area (Å²) in [6.07, 6.45) is -0.303. The lowest BCUT2D eigenvalue weighted by Gasteiger charge is -2.13. The van der Waals surface area contributed by atoms with Crippen molar-refractivity contribution in [2.24, 2.45) is 0 Å². The van der Waals surface area contributed by atoms with Gasteiger partial charge in [-0.1, -0.05) is 29.8 Å². The Hall–Kier alpha value is -2.66. The minimum Gasteiger partial charge on any atom is -0.449 e. The van der Waals surface area contributed by atoms with Gasteiger partial charge in [0.05, 0.1) is 5.56 Å². The minimum atomic E-state index is -0.979. The number of carbonyl (C=O) groups excluding carboxylic acids is 3. The van der Waals surface area contributed by atoms with Gasteiger partial charge in [-0.05, 0) is 37.3 Å². The van der Waals surface area contributed by atoms with E-state index in [4.69, 9.17) is 16.3 Å². The molecule has 0 spiro atoms. The fourth-order valence-electron chi connectivity index (χ4n) is 1.79. The molecule has 2 aromatic carbocycles. The topological polar surface area (TPSA) is 72.5 Å². The molecule has 0 aliphatic carbocycles. The number of anilines is 1. The summed E-state index contributed by atoms with van der Waals surface area (Å²) in [5, 5.41) is 3.10. The number of carbonyl (C=O) groups is 3. The Morgan fingerprint density at radius 3 is 2.48 bits per heavy atom. The molecule has 2 rings (SSSR count). The maximum absolute atomic E-state index is 12.0. The third-order valence-electron chi connectivity index (χ3n) is 3.03. The predicted octanol–water partition coefficient (Wildman–Crippen LogP) is 3.34. The van der Waals surface area contributed by atoms with Crippen LogP contribution in [0.1, 0.15) is 27.6 Å². The molecule has 0 heterocycles. The van der Waals surface area contributed by atoms with Gasteiger partial charge < -0.3 is 10.1 Å². The molecule has 1 amide bonds. The molecule has 0 fully saturated rings. The lowest BCUT2D eigenvalue weighted by molar-refractivity contribution is -0.123. The first-order valence-corrected chi connectivity index (χ1v) is 7.20. The van der Waals surface area contributed by atoms with E-state index in [9.17, 15) is 14.4 Å². The molecule has 5 nitrogen and oxygen atoms in total. The second kappa shape index (κ2) is 7.56. The van der Waals surface area contributed by atoms with Crippen molar-refractivity contribution >= 4 is 35.5 Å². The fraction of sp³-hybridized carbons (Fsp3) is 0.118. The van der Waals surface area contributed by atoms with E-state index in [1.54, 1.807) is 24.3 Å². The fourth-order valence-corrected chi connectivity index (χ4v) is 1.98. The molecule has 6 heteroatoms. The SMILES string of the molecule is C[C@H](OC(=O)c1ccc(C=O)cc1)C(=O)Nc1cccc(Cl)c1. The van der Waals surface area contributed by atoms with Gasteiger partial charge >= 0.3 is 5.97 Å². The van der Waals surface area contributed by atoms with Crippen molar-refractivity contribution in [2.45, 2.75) is 13.0 Å². The van der Waals surface area contributed by atoms with Gasteiger partial charge in [0.15, 0.2) is 6.10 Å². The van der Waals surface area contributed by atoms with Crippen LogP contribution < -0.4 is 5.32 Å². The number of amides is 1. The summed E-state index contributed by atoms with van der Waals surface area (Å²) >= 11 is 5.84. The molecule has 0 saturated carbocycles. The third-order valence-corrected chi connectivity index (χ3v) is 3.26. The smallest absolute Gasteiger partial charge is 0.338 e. The average molecular weight is 332 g/mol. The molecule has 23 heavy (non-hydrogen) atoms. The van der Waals surface area contributed by atoms with E-state index in [0.717, 1.165) is 0 Å². The van der Waals surface area contributed by atoms with Gasteiger partial charge in [-0.15, -0.1) is 0 Å². The van der Waals surface area contributed by atoms with Crippen molar-refractivity contribution in [3.8, 4) is 0 Å². The molecule has 118 valence electrons. The van der Waals surface area contributed by atoms with E-state index < -0.39 is 18.0 Å². The standard InChI is InChI=1S/C17H14ClNO4/c1-11(16(21)19-15-4-2-3-14(18)9-15)23-17(22)13-7-5-12(10-20)6-8-13/h2-11H,1H3,(H,19,21)/t11-/m0/s1. The van der Waals surface area contributed by atoms with Crippen molar-refractivity contribution < 1.29 is 19.1 Å². The molecule has 0 aliphatic heterocycles. The van der Waals surface area contributed by atoms with Crippen LogP contribution in [0.15, 0.2) is 48.5 Å². The van der Waals surface area contributed by atoms with E-state index in [2.05, 4.69) is 5.32 Å². The van der Waals surface area contributed by atoms with Crippen molar-refractivity contribution in [2.75, 3.05) is 5.32 Å². The van der Waals surface area contributed by atoms with E-state index in [1.165, 1.54) is 31.2 Å². The van der Waals surface area contributed by atoms with Crippen LogP contribution in [0.2, 0.25) is 5.02 Å². The lowest BCUT2D eigenvalue weighted by Crippen LogP contribution is -2.30. The Morgan fingerprint density at radius 2 is 1.87 bits per heavy atom. The van der Waals surface area contributed by atoms with Crippen molar-refractivity contribution in [3.05, 3.63) is 64.7 Å². The summed E-state index contributed by atoms with van der Waals surface area (Å²) in [6.45, 7) is 1.47. The first-order valence-electron chi connectivity index (χ1n) is 6.82. The Balaban J connectivity index is 1.96. The van der Waals surface area contributed by atoms with Crippen LogP contribution in [-0.4, -0.2) is 24.3 Å². The number of halogens is 1. The van der Waals surface area contributed by atoms with Crippen LogP contribution in [0.5, 0.6) is 0 Å². The van der Waals surface area contributed by atoms with Crippen molar-refractivity contribution in [1.82, 2.24) is 0 Å². The first kappa shape index (κ1) is 16.7. The monoisotopic (exact) mass is 331 g/mol. The van der Waals surface area contributed by atoms with Crippen molar-refractivity contribution in [1.29, 1.82) is 0 Å². The highest BCUT2D eigenvalue weighted by atomic mass is 35.5. The Morgan fingerprint density at radius 1 is 1.17 bits per heavy atom. The summed E-state index contributed by atoms with van der Waals surface area (Å²) in [7, 11) is 0. The van der Waals surface area contributed by atoms with Crippen LogP contribution in [-0.2, 0) is 9.53 Å². The predicted molar refractivity (Wildman–Crippen MR) is 86.8 cm³/mol. The van der Waals surface area contributed by atoms with Gasteiger partial charge in [0.1, 0.15) is 6.29 Å². The zero-order chi connectivity index (χ0) is 16.8. The van der Waals surface area contributed by atoms with Crippen molar-refractivity contribution in [3.63, 3.8) is 0 Å². The maximum atomic E-state index is 12.0. The number of hydrogen-bond donors (Lipinski definition) is 1. The summed E-state index contributed by atoms with van der Waals surface area (Å²) in [4.78, 5) is 34.5. The van der Waals surface area contributed by atoms with E-state index in [-0.39, 0.29) is 5.56 Å². The zero-order valence-electron chi connectivity index (χ0n) is 12.3. The van der Waals surface area contributed by atoms with Crippen LogP contribution in [0.4, 0.5) is 5.69 Å². The number of nitrogens with one attached hydrogen (secondary N) is 1. The molecule has 0 radical (unpaired) electrons. The number of benzene rings is 2. The van der Waals surface area contributed by atoms with Crippen LogP contribution >= 0.6 is 11.6 Å². The molecule has 0 unspecified atom stereocenters. The van der Waals surface area contributed by atoms with E-state index >= 15 is 0 Å². The van der Waals surface area contributed by atoms with E-state index in [1.807, 2.05) is 0 Å². The highest BCUT2D eigenvalue weighted by Crippen LogP contribution is 2.15. The molecule has 0 aliphatic rings. The summed E-state index contributed by atoms with van der Waals surface area (Å²) in [5.41, 5.74) is 1.23. The number of aldehydes is 1. The molecule has 0 bridgehead atoms. The molecule has 2 aromatic rings. The summed E-state index contributed by atoms with van der Waals surface area (Å²) in [5.74, 6) is -1.11. The summed E-state index contributed by atoms with van der Waals surface area (Å²) in [6, 6.07) is 12.6. The number of ether oxygens (including phenoxy) is 1. The number of hydrogen-bond acceptors (Lipinski definition) is 4. The lowest BCUT2D eigenvalue weighted by atomic mass is 10.1. The summed E-state index contributed by atoms with van der Waals surface area (Å²) < 4.78 is 5.10.